The molecular formula is C13H10ClNO3S. The highest BCUT2D eigenvalue weighted by Crippen LogP contribution is 2.37. The quantitative estimate of drug-likeness (QED) is 0.463. The summed E-state index contributed by atoms with van der Waals surface area (Å²) in [4.78, 5) is 11.5. The second-order valence-electron chi connectivity index (χ2n) is 3.62. The van der Waals surface area contributed by atoms with Crippen molar-refractivity contribution in [3.8, 4) is 11.5 Å². The summed E-state index contributed by atoms with van der Waals surface area (Å²) in [7, 11) is 0. The van der Waals surface area contributed by atoms with Crippen LogP contribution >= 0.6 is 23.4 Å². The van der Waals surface area contributed by atoms with Crippen LogP contribution in [0.2, 0.25) is 5.02 Å². The first-order valence-electron chi connectivity index (χ1n) is 5.36. The standard InChI is InChI=1S/C13H10ClNO3S/c1-19-10-7-5-9(6-8-10)18-12-4-2-3-11(14)13(12)15(16)17/h2-8H,1H3. The van der Waals surface area contributed by atoms with Crippen molar-refractivity contribution in [1.82, 2.24) is 0 Å². The molecule has 0 amide bonds. The molecule has 98 valence electrons. The molecule has 2 aromatic rings. The van der Waals surface area contributed by atoms with E-state index in [1.165, 1.54) is 12.1 Å². The molecule has 0 aromatic heterocycles. The highest BCUT2D eigenvalue weighted by atomic mass is 35.5. The summed E-state index contributed by atoms with van der Waals surface area (Å²) in [5.41, 5.74) is -0.224. The summed E-state index contributed by atoms with van der Waals surface area (Å²) in [6.07, 6.45) is 1.97. The number of benzene rings is 2. The van der Waals surface area contributed by atoms with Crippen LogP contribution in [0.15, 0.2) is 47.4 Å². The van der Waals surface area contributed by atoms with Crippen molar-refractivity contribution in [3.05, 3.63) is 57.6 Å². The van der Waals surface area contributed by atoms with Gasteiger partial charge in [-0.05, 0) is 42.7 Å². The second-order valence-corrected chi connectivity index (χ2v) is 4.91. The molecule has 0 unspecified atom stereocenters. The van der Waals surface area contributed by atoms with Gasteiger partial charge in [0.25, 0.3) is 0 Å². The van der Waals surface area contributed by atoms with Crippen molar-refractivity contribution in [2.75, 3.05) is 6.26 Å². The third-order valence-corrected chi connectivity index (χ3v) is 3.47. The molecule has 2 rings (SSSR count). The normalized spacial score (nSPS) is 10.2. The maximum Gasteiger partial charge on any atom is 0.329 e. The molecule has 0 aliphatic carbocycles. The predicted octanol–water partition coefficient (Wildman–Crippen LogP) is 4.76. The van der Waals surface area contributed by atoms with Gasteiger partial charge in [0.15, 0.2) is 0 Å². The van der Waals surface area contributed by atoms with Crippen molar-refractivity contribution >= 4 is 29.1 Å². The average Bonchev–Trinajstić information content (AvgIpc) is 2.39. The van der Waals surface area contributed by atoms with E-state index >= 15 is 0 Å². The smallest absolute Gasteiger partial charge is 0.329 e. The van der Waals surface area contributed by atoms with Crippen LogP contribution in [0.1, 0.15) is 0 Å². The van der Waals surface area contributed by atoms with E-state index in [2.05, 4.69) is 0 Å². The lowest BCUT2D eigenvalue weighted by Crippen LogP contribution is -1.94. The lowest BCUT2D eigenvalue weighted by atomic mass is 10.3. The first kappa shape index (κ1) is 13.7. The summed E-state index contributed by atoms with van der Waals surface area (Å²) in [5.74, 6) is 0.664. The Hall–Kier alpha value is -1.72. The van der Waals surface area contributed by atoms with E-state index in [-0.39, 0.29) is 16.5 Å². The molecule has 4 nitrogen and oxygen atoms in total. The largest absolute Gasteiger partial charge is 0.450 e. The third-order valence-electron chi connectivity index (χ3n) is 2.42. The van der Waals surface area contributed by atoms with E-state index in [1.54, 1.807) is 30.0 Å². The van der Waals surface area contributed by atoms with Crippen LogP contribution in [0.25, 0.3) is 0 Å². The first-order valence-corrected chi connectivity index (χ1v) is 6.97. The van der Waals surface area contributed by atoms with Crippen molar-refractivity contribution in [2.24, 2.45) is 0 Å². The van der Waals surface area contributed by atoms with Crippen LogP contribution in [0.5, 0.6) is 11.5 Å². The van der Waals surface area contributed by atoms with Gasteiger partial charge in [0.1, 0.15) is 10.8 Å². The molecule has 0 spiro atoms. The van der Waals surface area contributed by atoms with E-state index in [9.17, 15) is 10.1 Å². The van der Waals surface area contributed by atoms with Gasteiger partial charge in [-0.15, -0.1) is 11.8 Å². The summed E-state index contributed by atoms with van der Waals surface area (Å²) in [6.45, 7) is 0. The molecule has 0 radical (unpaired) electrons. The Labute approximate surface area is 119 Å². The van der Waals surface area contributed by atoms with Crippen LogP contribution in [0.3, 0.4) is 0 Å². The molecule has 0 fully saturated rings. The van der Waals surface area contributed by atoms with Crippen molar-refractivity contribution < 1.29 is 9.66 Å². The molecule has 2 aromatic carbocycles. The fourth-order valence-corrected chi connectivity index (χ4v) is 2.17. The monoisotopic (exact) mass is 295 g/mol. The van der Waals surface area contributed by atoms with Gasteiger partial charge in [-0.3, -0.25) is 10.1 Å². The highest BCUT2D eigenvalue weighted by Gasteiger charge is 2.20. The topological polar surface area (TPSA) is 52.4 Å². The van der Waals surface area contributed by atoms with E-state index < -0.39 is 4.92 Å². The Kier molecular flexibility index (Phi) is 4.29. The molecule has 0 aliphatic heterocycles. The van der Waals surface area contributed by atoms with Crippen LogP contribution in [-0.4, -0.2) is 11.2 Å². The van der Waals surface area contributed by atoms with Gasteiger partial charge in [-0.2, -0.15) is 0 Å². The van der Waals surface area contributed by atoms with Crippen LogP contribution in [0.4, 0.5) is 5.69 Å². The number of thioether (sulfide) groups is 1. The lowest BCUT2D eigenvalue weighted by Gasteiger charge is -2.07. The average molecular weight is 296 g/mol. The second kappa shape index (κ2) is 5.95. The molecule has 0 heterocycles. The zero-order chi connectivity index (χ0) is 13.8. The molecule has 0 saturated carbocycles. The van der Waals surface area contributed by atoms with Gasteiger partial charge in [-0.1, -0.05) is 17.7 Å². The lowest BCUT2D eigenvalue weighted by molar-refractivity contribution is -0.385. The zero-order valence-electron chi connectivity index (χ0n) is 10.00. The van der Waals surface area contributed by atoms with Gasteiger partial charge in [0.05, 0.1) is 4.92 Å². The molecule has 19 heavy (non-hydrogen) atoms. The number of rotatable bonds is 4. The molecule has 0 aliphatic rings. The number of nitro groups is 1. The van der Waals surface area contributed by atoms with Gasteiger partial charge < -0.3 is 4.74 Å². The minimum absolute atomic E-state index is 0.0585. The van der Waals surface area contributed by atoms with Gasteiger partial charge in [-0.25, -0.2) is 0 Å². The number of hydrogen-bond acceptors (Lipinski definition) is 4. The Morgan fingerprint density at radius 3 is 2.47 bits per heavy atom. The Balaban J connectivity index is 2.32. The zero-order valence-corrected chi connectivity index (χ0v) is 11.6. The first-order chi connectivity index (χ1) is 9.11. The Bertz CT molecular complexity index is 601. The molecule has 0 bridgehead atoms. The SMILES string of the molecule is CSc1ccc(Oc2cccc(Cl)c2[N+](=O)[O-])cc1. The van der Waals surface area contributed by atoms with Gasteiger partial charge >= 0.3 is 5.69 Å². The summed E-state index contributed by atoms with van der Waals surface area (Å²) < 4.78 is 5.52. The van der Waals surface area contributed by atoms with Gasteiger partial charge in [0.2, 0.25) is 5.75 Å². The summed E-state index contributed by atoms with van der Waals surface area (Å²) in [5, 5.41) is 11.0. The van der Waals surface area contributed by atoms with E-state index in [1.807, 2.05) is 18.4 Å². The number of nitrogens with zero attached hydrogens (tertiary/aromatic N) is 1. The molecule has 0 atom stereocenters. The fourth-order valence-electron chi connectivity index (χ4n) is 1.53. The Morgan fingerprint density at radius 2 is 1.89 bits per heavy atom. The minimum Gasteiger partial charge on any atom is -0.450 e. The fraction of sp³-hybridized carbons (Fsp3) is 0.0769. The molecule has 6 heteroatoms. The van der Waals surface area contributed by atoms with E-state index in [4.69, 9.17) is 16.3 Å². The molecule has 0 N–H and O–H groups in total. The number of hydrogen-bond donors (Lipinski definition) is 0. The van der Waals surface area contributed by atoms with E-state index in [0.29, 0.717) is 5.75 Å². The van der Waals surface area contributed by atoms with Crippen LogP contribution < -0.4 is 4.74 Å². The third kappa shape index (κ3) is 3.19. The Morgan fingerprint density at radius 1 is 1.21 bits per heavy atom. The number of para-hydroxylation sites is 1. The number of ether oxygens (including phenoxy) is 1. The number of nitro benzene ring substituents is 1. The highest BCUT2D eigenvalue weighted by molar-refractivity contribution is 7.98. The molecule has 0 saturated heterocycles. The minimum atomic E-state index is -0.548. The van der Waals surface area contributed by atoms with Crippen LogP contribution in [0, 0.1) is 10.1 Å². The number of halogens is 1. The maximum absolute atomic E-state index is 11.0. The van der Waals surface area contributed by atoms with Crippen molar-refractivity contribution in [3.63, 3.8) is 0 Å². The summed E-state index contributed by atoms with van der Waals surface area (Å²) >= 11 is 7.42. The molecular weight excluding hydrogens is 286 g/mol. The van der Waals surface area contributed by atoms with E-state index in [0.717, 1.165) is 4.90 Å². The van der Waals surface area contributed by atoms with Crippen molar-refractivity contribution in [1.29, 1.82) is 0 Å². The summed E-state index contributed by atoms with van der Waals surface area (Å²) in [6, 6.07) is 11.9. The van der Waals surface area contributed by atoms with Gasteiger partial charge in [0, 0.05) is 4.90 Å². The predicted molar refractivity (Wildman–Crippen MR) is 76.4 cm³/mol. The maximum atomic E-state index is 11.0. The van der Waals surface area contributed by atoms with Crippen LogP contribution in [-0.2, 0) is 0 Å². The van der Waals surface area contributed by atoms with Crippen molar-refractivity contribution in [2.45, 2.75) is 4.90 Å².